The first-order valence-corrected chi connectivity index (χ1v) is 6.50. The van der Waals surface area contributed by atoms with Crippen LogP contribution >= 0.6 is 11.6 Å². The fourth-order valence-electron chi connectivity index (χ4n) is 1.89. The van der Waals surface area contributed by atoms with Crippen LogP contribution in [0.1, 0.15) is 11.1 Å². The van der Waals surface area contributed by atoms with Crippen LogP contribution in [0.5, 0.6) is 11.5 Å². The van der Waals surface area contributed by atoms with Gasteiger partial charge in [-0.15, -0.1) is 0 Å². The lowest BCUT2D eigenvalue weighted by molar-refractivity contribution is 0.353. The molecule has 1 aromatic carbocycles. The summed E-state index contributed by atoms with van der Waals surface area (Å²) in [4.78, 5) is 7.64. The van der Waals surface area contributed by atoms with Crippen LogP contribution in [0.4, 0.5) is 8.78 Å². The Morgan fingerprint density at radius 2 is 1.52 bits per heavy atom. The number of aromatic nitrogens is 2. The van der Waals surface area contributed by atoms with Gasteiger partial charge in [-0.25, -0.2) is 18.7 Å². The lowest BCUT2D eigenvalue weighted by atomic mass is 10.0. The smallest absolute Gasteiger partial charge is 0.222 e. The normalized spacial score (nSPS) is 10.5. The van der Waals surface area contributed by atoms with Crippen molar-refractivity contribution in [1.82, 2.24) is 9.97 Å². The van der Waals surface area contributed by atoms with E-state index in [9.17, 15) is 8.78 Å². The van der Waals surface area contributed by atoms with E-state index in [1.165, 1.54) is 32.7 Å². The highest BCUT2D eigenvalue weighted by atomic mass is 35.5. The molecule has 0 aliphatic rings. The third-order valence-electron chi connectivity index (χ3n) is 3.00. The van der Waals surface area contributed by atoms with Crippen LogP contribution in [0.25, 0.3) is 0 Å². The molecule has 0 atom stereocenters. The van der Waals surface area contributed by atoms with Gasteiger partial charge in [-0.1, -0.05) is 0 Å². The number of ether oxygens (including phenoxy) is 2. The molecule has 0 amide bonds. The van der Waals surface area contributed by atoms with Crippen molar-refractivity contribution in [2.24, 2.45) is 0 Å². The SMILES string of the molecule is COc1cc(OC)c(F)c(CCc2cnc(Cl)nc2)c1F. The van der Waals surface area contributed by atoms with Crippen LogP contribution in [0.15, 0.2) is 18.5 Å². The van der Waals surface area contributed by atoms with E-state index in [-0.39, 0.29) is 28.8 Å². The van der Waals surface area contributed by atoms with E-state index >= 15 is 0 Å². The second-order valence-corrected chi connectivity index (χ2v) is 4.59. The third-order valence-corrected chi connectivity index (χ3v) is 3.20. The second kappa shape index (κ2) is 6.67. The number of halogens is 3. The molecule has 1 heterocycles. The monoisotopic (exact) mass is 314 g/mol. The highest BCUT2D eigenvalue weighted by Crippen LogP contribution is 2.31. The van der Waals surface area contributed by atoms with Crippen molar-refractivity contribution in [3.8, 4) is 11.5 Å². The Balaban J connectivity index is 2.28. The first-order valence-electron chi connectivity index (χ1n) is 6.12. The summed E-state index contributed by atoms with van der Waals surface area (Å²) in [5.74, 6) is -1.58. The van der Waals surface area contributed by atoms with Crippen LogP contribution in [0.3, 0.4) is 0 Å². The number of nitrogens with zero attached hydrogens (tertiary/aromatic N) is 2. The molecule has 2 aromatic rings. The molecule has 0 N–H and O–H groups in total. The van der Waals surface area contributed by atoms with Crippen molar-refractivity contribution in [2.45, 2.75) is 12.8 Å². The topological polar surface area (TPSA) is 44.2 Å². The van der Waals surface area contributed by atoms with Crippen molar-refractivity contribution >= 4 is 11.6 Å². The third kappa shape index (κ3) is 3.39. The van der Waals surface area contributed by atoms with Gasteiger partial charge in [0.25, 0.3) is 0 Å². The van der Waals surface area contributed by atoms with E-state index < -0.39 is 11.6 Å². The lowest BCUT2D eigenvalue weighted by Crippen LogP contribution is -2.04. The van der Waals surface area contributed by atoms with E-state index in [4.69, 9.17) is 21.1 Å². The maximum atomic E-state index is 14.1. The molecule has 7 heteroatoms. The fourth-order valence-corrected chi connectivity index (χ4v) is 1.99. The molecule has 0 fully saturated rings. The Bertz CT molecular complexity index is 608. The number of aryl methyl sites for hydroxylation is 1. The van der Waals surface area contributed by atoms with Gasteiger partial charge in [0.1, 0.15) is 0 Å². The van der Waals surface area contributed by atoms with Gasteiger partial charge in [-0.2, -0.15) is 0 Å². The van der Waals surface area contributed by atoms with E-state index in [1.807, 2.05) is 0 Å². The molecule has 0 saturated carbocycles. The molecule has 2 rings (SSSR count). The molecule has 112 valence electrons. The van der Waals surface area contributed by atoms with E-state index in [1.54, 1.807) is 0 Å². The van der Waals surface area contributed by atoms with Crippen LogP contribution in [0, 0.1) is 11.6 Å². The number of benzene rings is 1. The molecule has 0 spiro atoms. The standard InChI is InChI=1S/C14H13ClF2N2O2/c1-20-10-5-11(21-2)13(17)9(12(10)16)4-3-8-6-18-14(15)19-7-8/h5-7H,3-4H2,1-2H3. The number of methoxy groups -OCH3 is 2. The zero-order valence-corrected chi connectivity index (χ0v) is 12.2. The molecule has 0 aliphatic carbocycles. The summed E-state index contributed by atoms with van der Waals surface area (Å²) in [5.41, 5.74) is 0.626. The minimum Gasteiger partial charge on any atom is -0.494 e. The molecule has 4 nitrogen and oxygen atoms in total. The Morgan fingerprint density at radius 1 is 1.00 bits per heavy atom. The summed E-state index contributed by atoms with van der Waals surface area (Å²) >= 11 is 5.58. The molecule has 0 unspecified atom stereocenters. The minimum atomic E-state index is -0.731. The molecule has 0 radical (unpaired) electrons. The van der Waals surface area contributed by atoms with Gasteiger partial charge in [0.2, 0.25) is 5.28 Å². The Morgan fingerprint density at radius 3 is 2.00 bits per heavy atom. The van der Waals surface area contributed by atoms with Gasteiger partial charge in [-0.3, -0.25) is 0 Å². The lowest BCUT2D eigenvalue weighted by Gasteiger charge is -2.12. The summed E-state index contributed by atoms with van der Waals surface area (Å²) in [5, 5.41) is 0.124. The Hall–Kier alpha value is -1.95. The summed E-state index contributed by atoms with van der Waals surface area (Å²) < 4.78 is 38.1. The van der Waals surface area contributed by atoms with Gasteiger partial charge >= 0.3 is 0 Å². The number of hydrogen-bond donors (Lipinski definition) is 0. The minimum absolute atomic E-state index is 0.0596. The molecule has 21 heavy (non-hydrogen) atoms. The highest BCUT2D eigenvalue weighted by molar-refractivity contribution is 6.28. The predicted molar refractivity (Wildman–Crippen MR) is 73.9 cm³/mol. The van der Waals surface area contributed by atoms with Crippen LogP contribution in [-0.4, -0.2) is 24.2 Å². The van der Waals surface area contributed by atoms with Crippen LogP contribution in [-0.2, 0) is 12.8 Å². The quantitative estimate of drug-likeness (QED) is 0.795. The average molecular weight is 315 g/mol. The second-order valence-electron chi connectivity index (χ2n) is 4.25. The fraction of sp³-hybridized carbons (Fsp3) is 0.286. The van der Waals surface area contributed by atoms with Gasteiger partial charge in [-0.05, 0) is 30.0 Å². The van der Waals surface area contributed by atoms with Gasteiger partial charge in [0, 0.05) is 24.0 Å². The number of rotatable bonds is 5. The maximum Gasteiger partial charge on any atom is 0.222 e. The summed E-state index contributed by atoms with van der Waals surface area (Å²) in [6, 6.07) is 1.18. The van der Waals surface area contributed by atoms with Crippen LogP contribution < -0.4 is 9.47 Å². The van der Waals surface area contributed by atoms with Crippen molar-refractivity contribution in [3.05, 3.63) is 46.5 Å². The Kier molecular flexibility index (Phi) is 4.90. The first kappa shape index (κ1) is 15.4. The van der Waals surface area contributed by atoms with Crippen molar-refractivity contribution in [3.63, 3.8) is 0 Å². The van der Waals surface area contributed by atoms with Crippen molar-refractivity contribution in [2.75, 3.05) is 14.2 Å². The maximum absolute atomic E-state index is 14.1. The first-order chi connectivity index (χ1) is 10.1. The number of hydrogen-bond acceptors (Lipinski definition) is 4. The molecule has 0 saturated heterocycles. The van der Waals surface area contributed by atoms with Crippen molar-refractivity contribution < 1.29 is 18.3 Å². The van der Waals surface area contributed by atoms with Crippen LogP contribution in [0.2, 0.25) is 5.28 Å². The molecule has 1 aromatic heterocycles. The predicted octanol–water partition coefficient (Wildman–Crippen LogP) is 3.21. The van der Waals surface area contributed by atoms with E-state index in [2.05, 4.69) is 9.97 Å². The summed E-state index contributed by atoms with van der Waals surface area (Å²) in [6.07, 6.45) is 3.52. The van der Waals surface area contributed by atoms with Crippen molar-refractivity contribution in [1.29, 1.82) is 0 Å². The molecule has 0 bridgehead atoms. The summed E-state index contributed by atoms with van der Waals surface area (Å²) in [6.45, 7) is 0. The molecule has 0 aliphatic heterocycles. The highest BCUT2D eigenvalue weighted by Gasteiger charge is 2.19. The molecular weight excluding hydrogens is 302 g/mol. The van der Waals surface area contributed by atoms with Gasteiger partial charge in [0.15, 0.2) is 23.1 Å². The zero-order chi connectivity index (χ0) is 15.4. The Labute approximate surface area is 125 Å². The average Bonchev–Trinajstić information content (AvgIpc) is 2.49. The largest absolute Gasteiger partial charge is 0.494 e. The van der Waals surface area contributed by atoms with Gasteiger partial charge < -0.3 is 9.47 Å². The zero-order valence-electron chi connectivity index (χ0n) is 11.5. The van der Waals surface area contributed by atoms with E-state index in [0.717, 1.165) is 5.56 Å². The summed E-state index contributed by atoms with van der Waals surface area (Å²) in [7, 11) is 2.62. The van der Waals surface area contributed by atoms with E-state index in [0.29, 0.717) is 6.42 Å². The van der Waals surface area contributed by atoms with Gasteiger partial charge in [0.05, 0.1) is 14.2 Å². The molecular formula is C14H13ClF2N2O2.